The molecule has 0 unspecified atom stereocenters. The highest BCUT2D eigenvalue weighted by molar-refractivity contribution is 7.98. The first-order valence-electron chi connectivity index (χ1n) is 11.0. The highest BCUT2D eigenvalue weighted by atomic mass is 35.5. The average molecular weight is 649 g/mol. The number of hydrogen-bond acceptors (Lipinski definition) is 5. The monoisotopic (exact) mass is 647 g/mol. The van der Waals surface area contributed by atoms with Crippen LogP contribution in [0.2, 0.25) is 15.1 Å². The number of alkyl halides is 6. The fraction of sp³-hybridized carbons (Fsp3) is 0.304. The van der Waals surface area contributed by atoms with E-state index in [1.165, 1.54) is 30.0 Å². The van der Waals surface area contributed by atoms with E-state index in [4.69, 9.17) is 34.8 Å². The predicted molar refractivity (Wildman–Crippen MR) is 140 cm³/mol. The molecule has 0 saturated heterocycles. The summed E-state index contributed by atoms with van der Waals surface area (Å²) in [7, 11) is 0. The predicted octanol–water partition coefficient (Wildman–Crippen LogP) is 7.06. The summed E-state index contributed by atoms with van der Waals surface area (Å²) in [5, 5.41) is 7.61. The molecular formula is C23H18Cl3F6N5O2S. The second-order valence-electron chi connectivity index (χ2n) is 8.29. The number of carbonyl (C=O) groups excluding carboxylic acids is 2. The number of amides is 2. The zero-order valence-electron chi connectivity index (χ0n) is 20.3. The van der Waals surface area contributed by atoms with Gasteiger partial charge in [-0.3, -0.25) is 9.59 Å². The van der Waals surface area contributed by atoms with Crippen molar-refractivity contribution in [3.05, 3.63) is 73.7 Å². The molecular weight excluding hydrogens is 631 g/mol. The topological polar surface area (TPSA) is 88.9 Å². The second-order valence-corrected chi connectivity index (χ2v) is 10.4. The summed E-state index contributed by atoms with van der Waals surface area (Å²) in [6, 6.07) is 6.15. The molecule has 0 radical (unpaired) electrons. The lowest BCUT2D eigenvalue weighted by molar-refractivity contribution is -0.150. The average Bonchev–Trinajstić information content (AvgIpc) is 3.26. The smallest absolute Gasteiger partial charge is 0.349 e. The number of benzene rings is 2. The number of halogens is 9. The lowest BCUT2D eigenvalue weighted by Crippen LogP contribution is -2.35. The Morgan fingerprint density at radius 2 is 1.62 bits per heavy atom. The van der Waals surface area contributed by atoms with E-state index in [2.05, 4.69) is 20.7 Å². The third kappa shape index (κ3) is 7.53. The Balaban J connectivity index is 1.90. The van der Waals surface area contributed by atoms with Crippen LogP contribution in [0, 0.1) is 0 Å². The van der Waals surface area contributed by atoms with Gasteiger partial charge in [0.05, 0.1) is 38.4 Å². The number of anilines is 1. The van der Waals surface area contributed by atoms with Crippen LogP contribution in [0.1, 0.15) is 44.9 Å². The third-order valence-corrected chi connectivity index (χ3v) is 6.88. The maximum atomic E-state index is 13.3. The Hall–Kier alpha value is -2.68. The molecule has 0 aliphatic rings. The lowest BCUT2D eigenvalue weighted by atomic mass is 10.1. The first kappa shape index (κ1) is 31.8. The van der Waals surface area contributed by atoms with Gasteiger partial charge < -0.3 is 10.6 Å². The molecule has 1 atom stereocenters. The summed E-state index contributed by atoms with van der Waals surface area (Å²) >= 11 is 20.2. The van der Waals surface area contributed by atoms with Crippen molar-refractivity contribution < 1.29 is 35.9 Å². The van der Waals surface area contributed by atoms with Crippen molar-refractivity contribution in [1.29, 1.82) is 0 Å². The highest BCUT2D eigenvalue weighted by Crippen LogP contribution is 2.35. The number of aromatic nitrogens is 3. The number of rotatable bonds is 8. The molecule has 0 aliphatic carbocycles. The molecule has 0 fully saturated rings. The van der Waals surface area contributed by atoms with Gasteiger partial charge in [0.15, 0.2) is 0 Å². The van der Waals surface area contributed by atoms with Gasteiger partial charge in [-0.05, 0) is 43.0 Å². The summed E-state index contributed by atoms with van der Waals surface area (Å²) in [6.07, 6.45) is -8.58. The normalized spacial score (nSPS) is 12.8. The van der Waals surface area contributed by atoms with Crippen molar-refractivity contribution in [2.45, 2.75) is 31.9 Å². The molecule has 17 heteroatoms. The Labute approximate surface area is 242 Å². The van der Waals surface area contributed by atoms with Gasteiger partial charge >= 0.3 is 12.4 Å². The van der Waals surface area contributed by atoms with Crippen LogP contribution in [0.25, 0.3) is 0 Å². The molecule has 0 aliphatic heterocycles. The molecule has 216 valence electrons. The van der Waals surface area contributed by atoms with Crippen molar-refractivity contribution in [2.75, 3.05) is 17.3 Å². The molecule has 1 heterocycles. The lowest BCUT2D eigenvalue weighted by Gasteiger charge is -2.17. The zero-order valence-corrected chi connectivity index (χ0v) is 23.4. The van der Waals surface area contributed by atoms with Crippen LogP contribution in [0.4, 0.5) is 32.0 Å². The summed E-state index contributed by atoms with van der Waals surface area (Å²) in [6.45, 7) is 0.950. The Kier molecular flexibility index (Phi) is 9.91. The maximum Gasteiger partial charge on any atom is 0.453 e. The van der Waals surface area contributed by atoms with E-state index in [-0.39, 0.29) is 48.2 Å². The minimum atomic E-state index is -5.23. The van der Waals surface area contributed by atoms with E-state index < -0.39 is 42.4 Å². The van der Waals surface area contributed by atoms with E-state index in [1.54, 1.807) is 6.92 Å². The number of carbonyl (C=O) groups is 2. The first-order chi connectivity index (χ1) is 18.5. The van der Waals surface area contributed by atoms with E-state index in [0.717, 1.165) is 12.1 Å². The Bertz CT molecular complexity index is 1410. The van der Waals surface area contributed by atoms with Crippen LogP contribution in [0.3, 0.4) is 0 Å². The van der Waals surface area contributed by atoms with Crippen molar-refractivity contribution in [2.24, 2.45) is 0 Å². The van der Waals surface area contributed by atoms with Gasteiger partial charge in [0.1, 0.15) is 0 Å². The van der Waals surface area contributed by atoms with E-state index in [0.29, 0.717) is 5.75 Å². The molecule has 40 heavy (non-hydrogen) atoms. The van der Waals surface area contributed by atoms with Crippen LogP contribution >= 0.6 is 46.6 Å². The first-order valence-corrected chi connectivity index (χ1v) is 13.5. The minimum absolute atomic E-state index is 0.000528. The number of hydrogen-bond donors (Lipinski definition) is 2. The zero-order chi connectivity index (χ0) is 30.0. The summed E-state index contributed by atoms with van der Waals surface area (Å²) < 4.78 is 78.6. The van der Waals surface area contributed by atoms with Gasteiger partial charge in [-0.2, -0.15) is 43.1 Å². The van der Waals surface area contributed by atoms with Gasteiger partial charge in [0.25, 0.3) is 17.6 Å². The summed E-state index contributed by atoms with van der Waals surface area (Å²) in [4.78, 5) is 28.5. The van der Waals surface area contributed by atoms with Gasteiger partial charge in [-0.15, -0.1) is 5.10 Å². The van der Waals surface area contributed by atoms with Crippen molar-refractivity contribution in [1.82, 2.24) is 20.1 Å². The summed E-state index contributed by atoms with van der Waals surface area (Å²) in [5.74, 6) is -4.66. The molecule has 3 rings (SSSR count). The van der Waals surface area contributed by atoms with E-state index in [9.17, 15) is 35.9 Å². The summed E-state index contributed by atoms with van der Waals surface area (Å²) in [5.41, 5.74) is -0.452. The largest absolute Gasteiger partial charge is 0.453 e. The van der Waals surface area contributed by atoms with Gasteiger partial charge in [-0.25, -0.2) is 4.68 Å². The molecule has 2 N–H and O–H groups in total. The second kappa shape index (κ2) is 12.5. The van der Waals surface area contributed by atoms with Gasteiger partial charge in [-0.1, -0.05) is 40.9 Å². The Morgan fingerprint density at radius 3 is 2.17 bits per heavy atom. The molecule has 2 amide bonds. The minimum Gasteiger partial charge on any atom is -0.349 e. The van der Waals surface area contributed by atoms with Crippen LogP contribution in [0.5, 0.6) is 0 Å². The third-order valence-electron chi connectivity index (χ3n) is 5.13. The van der Waals surface area contributed by atoms with E-state index >= 15 is 0 Å². The SMILES string of the molecule is CSC[C@H](C)NC(=O)c1c(Cl)cccc1C(=O)Nc1c(Cl)cc(Cn2nc(C(F)(F)F)nc2C(F)(F)F)cc1Cl. The van der Waals surface area contributed by atoms with Gasteiger partial charge in [0.2, 0.25) is 5.82 Å². The van der Waals surface area contributed by atoms with Crippen molar-refractivity contribution in [3.63, 3.8) is 0 Å². The fourth-order valence-corrected chi connectivity index (χ4v) is 4.97. The van der Waals surface area contributed by atoms with Crippen LogP contribution in [-0.2, 0) is 18.9 Å². The van der Waals surface area contributed by atoms with Crippen LogP contribution in [-0.4, -0.2) is 44.6 Å². The number of thioether (sulfide) groups is 1. The molecule has 0 spiro atoms. The molecule has 0 saturated carbocycles. The quantitative estimate of drug-likeness (QED) is 0.256. The molecule has 3 aromatic rings. The number of nitrogens with one attached hydrogen (secondary N) is 2. The fourth-order valence-electron chi connectivity index (χ4n) is 3.50. The van der Waals surface area contributed by atoms with Gasteiger partial charge in [0, 0.05) is 11.8 Å². The molecule has 2 aromatic carbocycles. The molecule has 1 aromatic heterocycles. The van der Waals surface area contributed by atoms with Crippen LogP contribution < -0.4 is 10.6 Å². The van der Waals surface area contributed by atoms with Crippen molar-refractivity contribution >= 4 is 64.1 Å². The standard InChI is InChI=1S/C23H18Cl3F6N5O2S/c1-10(9-40-2)33-19(39)16-12(4-3-5-13(16)24)18(38)34-17-14(25)6-11(7-15(17)26)8-37-21(23(30,31)32)35-20(36-37)22(27,28)29/h3-7,10H,8-9H2,1-2H3,(H,33,39)(H,34,38)/t10-/m0/s1. The molecule has 0 bridgehead atoms. The Morgan fingerprint density at radius 1 is 1.00 bits per heavy atom. The highest BCUT2D eigenvalue weighted by Gasteiger charge is 2.44. The number of nitrogens with zero attached hydrogens (tertiary/aromatic N) is 3. The van der Waals surface area contributed by atoms with Crippen molar-refractivity contribution in [3.8, 4) is 0 Å². The van der Waals surface area contributed by atoms with Crippen LogP contribution in [0.15, 0.2) is 30.3 Å². The molecule has 7 nitrogen and oxygen atoms in total. The maximum absolute atomic E-state index is 13.3. The van der Waals surface area contributed by atoms with E-state index in [1.807, 2.05) is 6.26 Å².